The molecule has 33 heavy (non-hydrogen) atoms. The predicted octanol–water partition coefficient (Wildman–Crippen LogP) is 4.34. The zero-order chi connectivity index (χ0) is 23.3. The fourth-order valence-corrected chi connectivity index (χ4v) is 4.20. The van der Waals surface area contributed by atoms with E-state index >= 15 is 0 Å². The van der Waals surface area contributed by atoms with Crippen LogP contribution in [0, 0.1) is 13.8 Å². The number of esters is 1. The molecule has 0 saturated heterocycles. The summed E-state index contributed by atoms with van der Waals surface area (Å²) in [7, 11) is 1.31. The molecule has 4 aromatic rings. The van der Waals surface area contributed by atoms with Gasteiger partial charge in [0.1, 0.15) is 11.4 Å². The van der Waals surface area contributed by atoms with Crippen LogP contribution in [0.25, 0.3) is 11.0 Å². The second-order valence-electron chi connectivity index (χ2n) is 7.99. The summed E-state index contributed by atoms with van der Waals surface area (Å²) in [6, 6.07) is 14.7. The lowest BCUT2D eigenvalue weighted by molar-refractivity contribution is 0.0600. The normalized spacial score (nSPS) is 15.1. The third kappa shape index (κ3) is 3.20. The van der Waals surface area contributed by atoms with Crippen LogP contribution >= 0.6 is 0 Å². The number of hydrogen-bond acceptors (Lipinski definition) is 6. The maximum atomic E-state index is 13.7. The van der Waals surface area contributed by atoms with Crippen LogP contribution in [0.4, 0.5) is 5.82 Å². The van der Waals surface area contributed by atoms with Gasteiger partial charge in [0.15, 0.2) is 5.43 Å². The van der Waals surface area contributed by atoms with Gasteiger partial charge in [-0.2, -0.15) is 0 Å². The van der Waals surface area contributed by atoms with Gasteiger partial charge >= 0.3 is 5.97 Å². The van der Waals surface area contributed by atoms with Crippen LogP contribution in [0.5, 0.6) is 0 Å². The lowest BCUT2D eigenvalue weighted by atomic mass is 9.96. The minimum atomic E-state index is -0.753. The van der Waals surface area contributed by atoms with E-state index in [1.807, 2.05) is 13.8 Å². The standard InChI is InChI=1S/C26H20N2O5/c1-14-12-18-19(13-15(14)2)33-24-21(23(18)29)22(16-7-9-17(10-8-16)26(31)32-3)28(25(24)30)20-6-4-5-11-27-20/h4-13,22H,1-3H3/t22-/m0/s1. The molecule has 3 heterocycles. The molecule has 5 rings (SSSR count). The number of carbonyl (C=O) groups is 2. The largest absolute Gasteiger partial charge is 0.465 e. The van der Waals surface area contributed by atoms with E-state index in [1.54, 1.807) is 60.8 Å². The molecular weight excluding hydrogens is 420 g/mol. The van der Waals surface area contributed by atoms with Crippen molar-refractivity contribution in [2.75, 3.05) is 12.0 Å². The van der Waals surface area contributed by atoms with Crippen LogP contribution in [-0.4, -0.2) is 24.0 Å². The number of pyridine rings is 1. The second kappa shape index (κ2) is 7.70. The molecule has 0 bridgehead atoms. The minimum Gasteiger partial charge on any atom is -0.465 e. The Balaban J connectivity index is 1.77. The third-order valence-corrected chi connectivity index (χ3v) is 6.03. The predicted molar refractivity (Wildman–Crippen MR) is 123 cm³/mol. The number of carbonyl (C=O) groups excluding carboxylic acids is 2. The van der Waals surface area contributed by atoms with Crippen LogP contribution in [0.15, 0.2) is 70.0 Å². The van der Waals surface area contributed by atoms with Gasteiger partial charge in [-0.05, 0) is 66.9 Å². The van der Waals surface area contributed by atoms with Crippen molar-refractivity contribution < 1.29 is 18.7 Å². The highest BCUT2D eigenvalue weighted by molar-refractivity contribution is 6.10. The molecule has 0 spiro atoms. The molecule has 1 aliphatic rings. The van der Waals surface area contributed by atoms with Crippen molar-refractivity contribution in [1.29, 1.82) is 0 Å². The van der Waals surface area contributed by atoms with Gasteiger partial charge in [-0.3, -0.25) is 14.5 Å². The summed E-state index contributed by atoms with van der Waals surface area (Å²) in [5.74, 6) is -0.513. The zero-order valence-corrected chi connectivity index (χ0v) is 18.3. The second-order valence-corrected chi connectivity index (χ2v) is 7.99. The number of aryl methyl sites for hydroxylation is 2. The average molecular weight is 440 g/mol. The highest BCUT2D eigenvalue weighted by Crippen LogP contribution is 2.40. The monoisotopic (exact) mass is 440 g/mol. The lowest BCUT2D eigenvalue weighted by Gasteiger charge is -2.24. The first kappa shape index (κ1) is 20.6. The fraction of sp³-hybridized carbons (Fsp3) is 0.154. The number of ether oxygens (including phenoxy) is 1. The van der Waals surface area contributed by atoms with E-state index in [-0.39, 0.29) is 16.8 Å². The van der Waals surface area contributed by atoms with E-state index in [2.05, 4.69) is 4.98 Å². The van der Waals surface area contributed by atoms with Gasteiger partial charge in [-0.25, -0.2) is 9.78 Å². The van der Waals surface area contributed by atoms with Crippen LogP contribution in [-0.2, 0) is 4.74 Å². The Kier molecular flexibility index (Phi) is 4.82. The molecule has 164 valence electrons. The highest BCUT2D eigenvalue weighted by Gasteiger charge is 2.44. The number of hydrogen-bond donors (Lipinski definition) is 0. The molecule has 2 aromatic heterocycles. The first-order valence-corrected chi connectivity index (χ1v) is 10.4. The minimum absolute atomic E-state index is 0.00319. The molecule has 1 aliphatic heterocycles. The summed E-state index contributed by atoms with van der Waals surface area (Å²) in [6.07, 6.45) is 1.58. The number of methoxy groups -OCH3 is 1. The molecule has 0 unspecified atom stereocenters. The molecule has 1 amide bonds. The zero-order valence-electron chi connectivity index (χ0n) is 18.3. The van der Waals surface area contributed by atoms with Crippen LogP contribution in [0.3, 0.4) is 0 Å². The van der Waals surface area contributed by atoms with E-state index in [9.17, 15) is 14.4 Å². The van der Waals surface area contributed by atoms with Crippen LogP contribution in [0.1, 0.15) is 49.2 Å². The Morgan fingerprint density at radius 3 is 2.42 bits per heavy atom. The van der Waals surface area contributed by atoms with Gasteiger partial charge in [0.05, 0.1) is 29.7 Å². The van der Waals surface area contributed by atoms with Gasteiger partial charge in [0, 0.05) is 6.20 Å². The first-order valence-electron chi connectivity index (χ1n) is 10.4. The Labute approximate surface area is 189 Å². The van der Waals surface area contributed by atoms with Crippen molar-refractivity contribution in [3.63, 3.8) is 0 Å². The molecule has 7 heteroatoms. The van der Waals surface area contributed by atoms with E-state index < -0.39 is 17.9 Å². The number of rotatable bonds is 3. The van der Waals surface area contributed by atoms with Gasteiger partial charge in [0.2, 0.25) is 5.76 Å². The summed E-state index contributed by atoms with van der Waals surface area (Å²) in [5.41, 5.74) is 3.31. The summed E-state index contributed by atoms with van der Waals surface area (Å²) >= 11 is 0. The topological polar surface area (TPSA) is 89.7 Å². The Hall–Kier alpha value is -4.26. The maximum absolute atomic E-state index is 13.7. The van der Waals surface area contributed by atoms with Crippen molar-refractivity contribution >= 4 is 28.7 Å². The fourth-order valence-electron chi connectivity index (χ4n) is 4.20. The van der Waals surface area contributed by atoms with Crippen molar-refractivity contribution in [2.45, 2.75) is 19.9 Å². The molecule has 0 fully saturated rings. The van der Waals surface area contributed by atoms with Crippen molar-refractivity contribution in [3.8, 4) is 0 Å². The van der Waals surface area contributed by atoms with E-state index in [4.69, 9.17) is 9.15 Å². The first-order chi connectivity index (χ1) is 15.9. The van der Waals surface area contributed by atoms with E-state index in [0.717, 1.165) is 11.1 Å². The number of aromatic nitrogens is 1. The third-order valence-electron chi connectivity index (χ3n) is 6.03. The average Bonchev–Trinajstić information content (AvgIpc) is 3.13. The molecule has 0 N–H and O–H groups in total. The maximum Gasteiger partial charge on any atom is 0.337 e. The molecular formula is C26H20N2O5. The quantitative estimate of drug-likeness (QED) is 0.440. The molecule has 7 nitrogen and oxygen atoms in total. The van der Waals surface area contributed by atoms with Crippen LogP contribution in [0.2, 0.25) is 0 Å². The molecule has 0 radical (unpaired) electrons. The van der Waals surface area contributed by atoms with E-state index in [0.29, 0.717) is 27.9 Å². The molecule has 0 aliphatic carbocycles. The number of amides is 1. The van der Waals surface area contributed by atoms with Gasteiger partial charge in [-0.15, -0.1) is 0 Å². The number of anilines is 1. The Morgan fingerprint density at radius 1 is 1.03 bits per heavy atom. The highest BCUT2D eigenvalue weighted by atomic mass is 16.5. The summed E-state index contributed by atoms with van der Waals surface area (Å²) in [5, 5.41) is 0.420. The summed E-state index contributed by atoms with van der Waals surface area (Å²) < 4.78 is 10.8. The van der Waals surface area contributed by atoms with Crippen LogP contribution < -0.4 is 10.3 Å². The SMILES string of the molecule is COC(=O)c1ccc([C@H]2c3c(oc4cc(C)c(C)cc4c3=O)C(=O)N2c2ccccn2)cc1. The smallest absolute Gasteiger partial charge is 0.337 e. The van der Waals surface area contributed by atoms with Gasteiger partial charge in [0.25, 0.3) is 5.91 Å². The molecule has 2 aromatic carbocycles. The van der Waals surface area contributed by atoms with Gasteiger partial charge < -0.3 is 9.15 Å². The van der Waals surface area contributed by atoms with E-state index in [1.165, 1.54) is 12.0 Å². The van der Waals surface area contributed by atoms with Crippen molar-refractivity contribution in [1.82, 2.24) is 4.98 Å². The molecule has 1 atom stereocenters. The summed E-state index contributed by atoms with van der Waals surface area (Å²) in [6.45, 7) is 3.85. The van der Waals surface area contributed by atoms with Gasteiger partial charge in [-0.1, -0.05) is 18.2 Å². The number of benzene rings is 2. The number of fused-ring (bicyclic) bond motifs is 2. The molecule has 0 saturated carbocycles. The van der Waals surface area contributed by atoms with Crippen molar-refractivity contribution in [2.24, 2.45) is 0 Å². The lowest BCUT2D eigenvalue weighted by Crippen LogP contribution is -2.30. The Bertz CT molecular complexity index is 1470. The number of nitrogens with zero attached hydrogens (tertiary/aromatic N) is 2. The Morgan fingerprint density at radius 2 is 1.76 bits per heavy atom. The summed E-state index contributed by atoms with van der Waals surface area (Å²) in [4.78, 5) is 44.9. The van der Waals surface area contributed by atoms with Crippen molar-refractivity contribution in [3.05, 3.63) is 105 Å².